The van der Waals surface area contributed by atoms with Crippen molar-refractivity contribution in [1.82, 2.24) is 10.2 Å². The number of carbonyl (C=O) groups excluding carboxylic acids is 3. The third-order valence-corrected chi connectivity index (χ3v) is 5.69. The number of nitrogens with one attached hydrogen (secondary N) is 2. The summed E-state index contributed by atoms with van der Waals surface area (Å²) in [5.41, 5.74) is 0.652. The van der Waals surface area contributed by atoms with Crippen LogP contribution in [0.5, 0.6) is 0 Å². The molecule has 0 spiro atoms. The van der Waals surface area contributed by atoms with Crippen molar-refractivity contribution in [2.45, 2.75) is 38.9 Å². The number of ether oxygens (including phenoxy) is 1. The molecule has 7 nitrogen and oxygen atoms in total. The number of esters is 1. The first-order chi connectivity index (χ1) is 16.6. The van der Waals surface area contributed by atoms with Crippen LogP contribution < -0.4 is 10.6 Å². The van der Waals surface area contributed by atoms with Crippen LogP contribution in [-0.4, -0.2) is 36.5 Å². The molecule has 2 aromatic rings. The molecule has 0 aliphatic carbocycles. The number of amides is 3. The number of hydrogen-bond donors (Lipinski definition) is 2. The second-order valence-electron chi connectivity index (χ2n) is 8.03. The Hall–Kier alpha value is -3.82. The number of unbranched alkanes of at least 4 members (excludes halogenated alkanes) is 1. The van der Waals surface area contributed by atoms with Crippen molar-refractivity contribution in [2.75, 3.05) is 19.0 Å². The second kappa shape index (κ2) is 10.6. The quantitative estimate of drug-likeness (QED) is 0.519. The predicted molar refractivity (Wildman–Crippen MR) is 123 cm³/mol. The number of rotatable bonds is 7. The molecule has 10 heteroatoms. The Kier molecular flexibility index (Phi) is 7.83. The Morgan fingerprint density at radius 1 is 1.14 bits per heavy atom. The first-order valence-corrected chi connectivity index (χ1v) is 11.0. The van der Waals surface area contributed by atoms with Crippen LogP contribution in [0.4, 0.5) is 23.7 Å². The molecule has 1 atom stereocenters. The van der Waals surface area contributed by atoms with E-state index in [1.165, 1.54) is 24.1 Å². The van der Waals surface area contributed by atoms with Crippen molar-refractivity contribution in [3.05, 3.63) is 76.5 Å². The van der Waals surface area contributed by atoms with Crippen molar-refractivity contribution in [3.8, 4) is 0 Å². The number of nitrogens with zero attached hydrogens (tertiary/aromatic N) is 1. The van der Waals surface area contributed by atoms with E-state index in [0.29, 0.717) is 29.1 Å². The van der Waals surface area contributed by atoms with Crippen LogP contribution >= 0.6 is 0 Å². The molecule has 0 bridgehead atoms. The average molecular weight is 489 g/mol. The van der Waals surface area contributed by atoms with Crippen LogP contribution in [0.1, 0.15) is 54.2 Å². The molecule has 0 saturated heterocycles. The number of halogens is 3. The van der Waals surface area contributed by atoms with Crippen LogP contribution in [0.15, 0.2) is 59.8 Å². The van der Waals surface area contributed by atoms with E-state index in [4.69, 9.17) is 4.74 Å². The van der Waals surface area contributed by atoms with E-state index in [9.17, 15) is 27.6 Å². The van der Waals surface area contributed by atoms with Crippen molar-refractivity contribution in [2.24, 2.45) is 0 Å². The van der Waals surface area contributed by atoms with Gasteiger partial charge in [-0.15, -0.1) is 0 Å². The summed E-state index contributed by atoms with van der Waals surface area (Å²) in [5, 5.41) is 5.38. The zero-order chi connectivity index (χ0) is 25.8. The Labute approximate surface area is 200 Å². The summed E-state index contributed by atoms with van der Waals surface area (Å²) in [4.78, 5) is 39.2. The van der Waals surface area contributed by atoms with E-state index in [0.717, 1.165) is 25.0 Å². The fourth-order valence-electron chi connectivity index (χ4n) is 3.79. The van der Waals surface area contributed by atoms with Gasteiger partial charge in [0.05, 0.1) is 24.3 Å². The Bertz CT molecular complexity index is 1140. The van der Waals surface area contributed by atoms with Gasteiger partial charge in [0.25, 0.3) is 5.91 Å². The number of anilines is 1. The maximum absolute atomic E-state index is 12.9. The molecule has 0 fully saturated rings. The van der Waals surface area contributed by atoms with Gasteiger partial charge in [0.15, 0.2) is 0 Å². The standard InChI is InChI=1S/C25H26F3N3O4/c1-4-5-13-31-15(2)20(23(33)35-3)21(30-24(31)34)16-9-11-19(12-10-16)29-22(32)17-7-6-8-18(14-17)25(26,27)28/h6-12,14,21H,4-5,13H2,1-3H3,(H,29,32)(H,30,34). The van der Waals surface area contributed by atoms with Crippen molar-refractivity contribution < 1.29 is 32.3 Å². The number of carbonyl (C=O) groups is 3. The van der Waals surface area contributed by atoms with Crippen LogP contribution in [0, 0.1) is 0 Å². The van der Waals surface area contributed by atoms with Gasteiger partial charge in [-0.25, -0.2) is 9.59 Å². The topological polar surface area (TPSA) is 87.7 Å². The zero-order valence-electron chi connectivity index (χ0n) is 19.5. The molecule has 3 rings (SSSR count). The van der Waals surface area contributed by atoms with E-state index in [1.807, 2.05) is 6.92 Å². The SMILES string of the molecule is CCCCN1C(=O)NC(c2ccc(NC(=O)c3cccc(C(F)(F)F)c3)cc2)C(C(=O)OC)=C1C. The van der Waals surface area contributed by atoms with E-state index in [1.54, 1.807) is 31.2 Å². The van der Waals surface area contributed by atoms with E-state index in [-0.39, 0.29) is 11.6 Å². The molecule has 1 aliphatic heterocycles. The number of hydrogen-bond acceptors (Lipinski definition) is 4. The van der Waals surface area contributed by atoms with Gasteiger partial charge < -0.3 is 15.4 Å². The van der Waals surface area contributed by atoms with Gasteiger partial charge in [-0.2, -0.15) is 13.2 Å². The highest BCUT2D eigenvalue weighted by Gasteiger charge is 2.36. The summed E-state index contributed by atoms with van der Waals surface area (Å²) < 4.78 is 43.7. The normalized spacial score (nSPS) is 16.1. The van der Waals surface area contributed by atoms with Crippen LogP contribution in [0.25, 0.3) is 0 Å². The number of urea groups is 1. The van der Waals surface area contributed by atoms with E-state index < -0.39 is 29.7 Å². The third-order valence-electron chi connectivity index (χ3n) is 5.69. The monoisotopic (exact) mass is 489 g/mol. The minimum Gasteiger partial charge on any atom is -0.466 e. The minimum absolute atomic E-state index is 0.137. The largest absolute Gasteiger partial charge is 0.466 e. The van der Waals surface area contributed by atoms with E-state index in [2.05, 4.69) is 10.6 Å². The molecule has 2 aromatic carbocycles. The lowest BCUT2D eigenvalue weighted by molar-refractivity contribution is -0.138. The highest BCUT2D eigenvalue weighted by molar-refractivity contribution is 6.04. The van der Waals surface area contributed by atoms with Gasteiger partial charge in [0, 0.05) is 23.5 Å². The molecule has 35 heavy (non-hydrogen) atoms. The Balaban J connectivity index is 1.83. The Morgan fingerprint density at radius 2 is 1.83 bits per heavy atom. The van der Waals surface area contributed by atoms with Crippen molar-refractivity contribution in [3.63, 3.8) is 0 Å². The summed E-state index contributed by atoms with van der Waals surface area (Å²) in [6.45, 7) is 4.15. The smallest absolute Gasteiger partial charge is 0.416 e. The van der Waals surface area contributed by atoms with Crippen LogP contribution in [0.3, 0.4) is 0 Å². The van der Waals surface area contributed by atoms with Gasteiger partial charge >= 0.3 is 18.2 Å². The maximum atomic E-state index is 12.9. The van der Waals surface area contributed by atoms with Gasteiger partial charge in [-0.3, -0.25) is 9.69 Å². The predicted octanol–water partition coefficient (Wildman–Crippen LogP) is 5.27. The molecule has 0 aromatic heterocycles. The van der Waals surface area contributed by atoms with E-state index >= 15 is 0 Å². The number of benzene rings is 2. The fraction of sp³-hybridized carbons (Fsp3) is 0.320. The summed E-state index contributed by atoms with van der Waals surface area (Å²) >= 11 is 0. The highest BCUT2D eigenvalue weighted by Crippen LogP contribution is 2.32. The molecule has 1 heterocycles. The highest BCUT2D eigenvalue weighted by atomic mass is 19.4. The molecular weight excluding hydrogens is 463 g/mol. The molecular formula is C25H26F3N3O4. The molecule has 1 unspecified atom stereocenters. The lowest BCUT2D eigenvalue weighted by Gasteiger charge is -2.35. The van der Waals surface area contributed by atoms with Gasteiger partial charge in [0.2, 0.25) is 0 Å². The molecule has 186 valence electrons. The van der Waals surface area contributed by atoms with Gasteiger partial charge in [0.1, 0.15) is 0 Å². The first-order valence-electron chi connectivity index (χ1n) is 11.0. The number of methoxy groups -OCH3 is 1. The lowest BCUT2D eigenvalue weighted by Crippen LogP contribution is -2.48. The van der Waals surface area contributed by atoms with Gasteiger partial charge in [-0.1, -0.05) is 31.5 Å². The summed E-state index contributed by atoms with van der Waals surface area (Å²) in [6.07, 6.45) is -2.91. The Morgan fingerprint density at radius 3 is 2.43 bits per heavy atom. The van der Waals surface area contributed by atoms with Gasteiger partial charge in [-0.05, 0) is 49.2 Å². The third kappa shape index (κ3) is 5.82. The summed E-state index contributed by atoms with van der Waals surface area (Å²) in [5.74, 6) is -1.27. The molecule has 0 saturated carbocycles. The lowest BCUT2D eigenvalue weighted by atomic mass is 9.94. The number of alkyl halides is 3. The molecule has 1 aliphatic rings. The molecule has 0 radical (unpaired) electrons. The first kappa shape index (κ1) is 25.8. The number of allylic oxidation sites excluding steroid dienone is 1. The molecule has 3 amide bonds. The van der Waals surface area contributed by atoms with Crippen molar-refractivity contribution in [1.29, 1.82) is 0 Å². The minimum atomic E-state index is -4.56. The summed E-state index contributed by atoms with van der Waals surface area (Å²) in [6, 6.07) is 9.34. The fourth-order valence-corrected chi connectivity index (χ4v) is 3.79. The molecule has 2 N–H and O–H groups in total. The summed E-state index contributed by atoms with van der Waals surface area (Å²) in [7, 11) is 1.26. The van der Waals surface area contributed by atoms with Crippen molar-refractivity contribution >= 4 is 23.6 Å². The van der Waals surface area contributed by atoms with Crippen LogP contribution in [0.2, 0.25) is 0 Å². The van der Waals surface area contributed by atoms with Crippen LogP contribution in [-0.2, 0) is 15.7 Å². The zero-order valence-corrected chi connectivity index (χ0v) is 19.5. The second-order valence-corrected chi connectivity index (χ2v) is 8.03. The average Bonchev–Trinajstić information content (AvgIpc) is 2.83. The maximum Gasteiger partial charge on any atom is 0.416 e.